The molecule has 130 valence electrons. The summed E-state index contributed by atoms with van der Waals surface area (Å²) in [5.74, 6) is 0. The van der Waals surface area contributed by atoms with E-state index in [1.807, 2.05) is 0 Å². The Labute approximate surface area is 150 Å². The summed E-state index contributed by atoms with van der Waals surface area (Å²) in [6.45, 7) is 0. The van der Waals surface area contributed by atoms with Crippen LogP contribution in [0.15, 0.2) is 71.9 Å². The SMILES string of the molecule is C1=Cc2cccc3cccc(c23)C1.O=S(=O)(O)c1nc2ccccc2[nH]1. The van der Waals surface area contributed by atoms with Crippen molar-refractivity contribution >= 4 is 38.0 Å². The lowest BCUT2D eigenvalue weighted by Crippen LogP contribution is -1.99. The van der Waals surface area contributed by atoms with Gasteiger partial charge in [-0.25, -0.2) is 4.98 Å². The van der Waals surface area contributed by atoms with E-state index in [1.54, 1.807) is 24.3 Å². The first-order chi connectivity index (χ1) is 12.5. The van der Waals surface area contributed by atoms with E-state index < -0.39 is 15.3 Å². The quantitative estimate of drug-likeness (QED) is 0.495. The number of aromatic amines is 1. The number of hydrogen-bond acceptors (Lipinski definition) is 3. The van der Waals surface area contributed by atoms with Gasteiger partial charge in [0.25, 0.3) is 5.16 Å². The van der Waals surface area contributed by atoms with E-state index in [4.69, 9.17) is 4.55 Å². The maximum Gasteiger partial charge on any atom is 0.328 e. The number of rotatable bonds is 1. The Balaban J connectivity index is 0.000000129. The van der Waals surface area contributed by atoms with Gasteiger partial charge in [0.05, 0.1) is 11.0 Å². The topological polar surface area (TPSA) is 83.1 Å². The van der Waals surface area contributed by atoms with E-state index in [-0.39, 0.29) is 0 Å². The Morgan fingerprint density at radius 3 is 2.50 bits per heavy atom. The zero-order valence-corrected chi connectivity index (χ0v) is 14.6. The van der Waals surface area contributed by atoms with Crippen LogP contribution in [0, 0.1) is 0 Å². The highest BCUT2D eigenvalue weighted by atomic mass is 32.2. The lowest BCUT2D eigenvalue weighted by molar-refractivity contribution is 0.476. The molecule has 1 aromatic heterocycles. The average Bonchev–Trinajstić information content (AvgIpc) is 3.08. The first kappa shape index (κ1) is 16.5. The van der Waals surface area contributed by atoms with Gasteiger partial charge in [-0.05, 0) is 40.5 Å². The van der Waals surface area contributed by atoms with Crippen molar-refractivity contribution in [1.82, 2.24) is 9.97 Å². The Kier molecular flexibility index (Phi) is 4.06. The number of benzene rings is 3. The van der Waals surface area contributed by atoms with E-state index >= 15 is 0 Å². The van der Waals surface area contributed by atoms with Crippen LogP contribution in [0.2, 0.25) is 0 Å². The first-order valence-corrected chi connectivity index (χ1v) is 9.56. The van der Waals surface area contributed by atoms with Crippen molar-refractivity contribution in [2.45, 2.75) is 11.6 Å². The second-order valence-corrected chi connectivity index (χ2v) is 7.34. The monoisotopic (exact) mass is 364 g/mol. The molecule has 0 bridgehead atoms. The van der Waals surface area contributed by atoms with Crippen LogP contribution in [0.3, 0.4) is 0 Å². The molecule has 1 heterocycles. The summed E-state index contributed by atoms with van der Waals surface area (Å²) < 4.78 is 30.0. The molecule has 1 aliphatic rings. The number of aromatic nitrogens is 2. The van der Waals surface area contributed by atoms with E-state index in [0.717, 1.165) is 6.42 Å². The fraction of sp³-hybridized carbons (Fsp3) is 0.0500. The molecule has 1 aliphatic carbocycles. The zero-order valence-electron chi connectivity index (χ0n) is 13.8. The number of imidazole rings is 1. The van der Waals surface area contributed by atoms with Gasteiger partial charge in [0, 0.05) is 0 Å². The molecule has 6 heteroatoms. The summed E-state index contributed by atoms with van der Waals surface area (Å²) in [5, 5.41) is 2.38. The van der Waals surface area contributed by atoms with Crippen molar-refractivity contribution in [1.29, 1.82) is 0 Å². The van der Waals surface area contributed by atoms with Gasteiger partial charge in [0.2, 0.25) is 0 Å². The summed E-state index contributed by atoms with van der Waals surface area (Å²) in [6.07, 6.45) is 5.53. The zero-order chi connectivity index (χ0) is 18.1. The molecule has 0 fully saturated rings. The summed E-state index contributed by atoms with van der Waals surface area (Å²) in [4.78, 5) is 6.18. The second-order valence-electron chi connectivity index (χ2n) is 6.00. The van der Waals surface area contributed by atoms with Crippen LogP contribution in [-0.2, 0) is 16.5 Å². The van der Waals surface area contributed by atoms with E-state index in [9.17, 15) is 8.42 Å². The van der Waals surface area contributed by atoms with Crippen molar-refractivity contribution in [2.75, 3.05) is 0 Å². The fourth-order valence-electron chi connectivity index (χ4n) is 3.12. The molecule has 4 aromatic rings. The summed E-state index contributed by atoms with van der Waals surface area (Å²) in [6, 6.07) is 19.8. The molecule has 0 aliphatic heterocycles. The first-order valence-electron chi connectivity index (χ1n) is 8.12. The van der Waals surface area contributed by atoms with Crippen molar-refractivity contribution in [2.24, 2.45) is 0 Å². The Bertz CT molecular complexity index is 1200. The van der Waals surface area contributed by atoms with Crippen molar-refractivity contribution in [3.05, 3.63) is 77.9 Å². The predicted octanol–water partition coefficient (Wildman–Crippen LogP) is 4.22. The standard InChI is InChI=1S/C13H10.C7H6N2O3S/c1-4-10-6-2-8-12-9-3-7-11(5-1)13(10)12;10-13(11,12)7-8-5-3-1-2-4-6(5)9-7/h1-8H,9H2;1-4H,(H,8,9)(H,10,11,12). The van der Waals surface area contributed by atoms with Gasteiger partial charge < -0.3 is 4.98 Å². The highest BCUT2D eigenvalue weighted by Crippen LogP contribution is 2.27. The number of para-hydroxylation sites is 2. The van der Waals surface area contributed by atoms with Gasteiger partial charge in [-0.2, -0.15) is 8.42 Å². The van der Waals surface area contributed by atoms with Crippen LogP contribution in [0.5, 0.6) is 0 Å². The maximum absolute atomic E-state index is 10.7. The van der Waals surface area contributed by atoms with Crippen molar-refractivity contribution in [3.8, 4) is 0 Å². The molecule has 0 atom stereocenters. The molecule has 0 radical (unpaired) electrons. The number of nitrogens with zero attached hydrogens (tertiary/aromatic N) is 1. The minimum atomic E-state index is -4.23. The molecule has 0 saturated carbocycles. The Morgan fingerprint density at radius 2 is 1.73 bits per heavy atom. The van der Waals surface area contributed by atoms with Gasteiger partial charge in [-0.1, -0.05) is 60.7 Å². The highest BCUT2D eigenvalue weighted by Gasteiger charge is 2.14. The minimum Gasteiger partial charge on any atom is -0.327 e. The fourth-order valence-corrected chi connectivity index (χ4v) is 3.58. The molecule has 0 unspecified atom stereocenters. The number of nitrogens with one attached hydrogen (secondary N) is 1. The number of H-pyrrole nitrogens is 1. The summed E-state index contributed by atoms with van der Waals surface area (Å²) >= 11 is 0. The third kappa shape index (κ3) is 3.12. The van der Waals surface area contributed by atoms with Crippen LogP contribution in [0.1, 0.15) is 11.1 Å². The maximum atomic E-state index is 10.7. The predicted molar refractivity (Wildman–Crippen MR) is 103 cm³/mol. The van der Waals surface area contributed by atoms with Crippen LogP contribution in [-0.4, -0.2) is 22.9 Å². The largest absolute Gasteiger partial charge is 0.328 e. The molecule has 0 amide bonds. The molecule has 5 rings (SSSR count). The van der Waals surface area contributed by atoms with E-state index in [0.29, 0.717) is 11.0 Å². The number of hydrogen-bond donors (Lipinski definition) is 2. The summed E-state index contributed by atoms with van der Waals surface area (Å²) in [5.41, 5.74) is 3.90. The van der Waals surface area contributed by atoms with Gasteiger partial charge in [-0.15, -0.1) is 0 Å². The molecule has 0 saturated heterocycles. The Morgan fingerprint density at radius 1 is 0.962 bits per heavy atom. The third-order valence-electron chi connectivity index (χ3n) is 4.27. The van der Waals surface area contributed by atoms with Gasteiger partial charge >= 0.3 is 10.1 Å². The molecule has 26 heavy (non-hydrogen) atoms. The lowest BCUT2D eigenvalue weighted by Gasteiger charge is -2.11. The van der Waals surface area contributed by atoms with E-state index in [1.165, 1.54) is 21.9 Å². The molecule has 2 N–H and O–H groups in total. The van der Waals surface area contributed by atoms with Gasteiger partial charge in [-0.3, -0.25) is 4.55 Å². The van der Waals surface area contributed by atoms with E-state index in [2.05, 4.69) is 58.5 Å². The Hall–Kier alpha value is -2.96. The number of allylic oxidation sites excluding steroid dienone is 1. The average molecular weight is 364 g/mol. The second kappa shape index (κ2) is 6.40. The van der Waals surface area contributed by atoms with Crippen LogP contribution in [0.25, 0.3) is 27.9 Å². The molecule has 5 nitrogen and oxygen atoms in total. The molecular weight excluding hydrogens is 348 g/mol. The minimum absolute atomic E-state index is 0.422. The van der Waals surface area contributed by atoms with Gasteiger partial charge in [0.1, 0.15) is 0 Å². The van der Waals surface area contributed by atoms with Gasteiger partial charge in [0.15, 0.2) is 0 Å². The van der Waals surface area contributed by atoms with Crippen LogP contribution >= 0.6 is 0 Å². The van der Waals surface area contributed by atoms with Crippen molar-refractivity contribution < 1.29 is 13.0 Å². The molecule has 3 aromatic carbocycles. The smallest absolute Gasteiger partial charge is 0.327 e. The highest BCUT2D eigenvalue weighted by molar-refractivity contribution is 7.85. The summed E-state index contributed by atoms with van der Waals surface area (Å²) in [7, 11) is -4.23. The van der Waals surface area contributed by atoms with Crippen LogP contribution in [0.4, 0.5) is 0 Å². The third-order valence-corrected chi connectivity index (χ3v) is 4.95. The normalized spacial score (nSPS) is 12.8. The number of fused-ring (bicyclic) bond motifs is 1. The van der Waals surface area contributed by atoms with Crippen molar-refractivity contribution in [3.63, 3.8) is 0 Å². The van der Waals surface area contributed by atoms with Crippen LogP contribution < -0.4 is 0 Å². The molecule has 0 spiro atoms. The lowest BCUT2D eigenvalue weighted by atomic mass is 9.93. The molecular formula is C20H16N2O3S.